The topological polar surface area (TPSA) is 75.6 Å². The smallest absolute Gasteiger partial charge is 0.307 e. The lowest BCUT2D eigenvalue weighted by Crippen LogP contribution is -2.48. The minimum atomic E-state index is -0.718. The Labute approximate surface area is 188 Å². The van der Waals surface area contributed by atoms with Crippen molar-refractivity contribution in [3.8, 4) is 0 Å². The first-order valence-corrected chi connectivity index (χ1v) is 12.6. The SMILES string of the molecule is CCCC(C)(C)OCC(C)(C)S[C@H]1[C@@H]([C@H](NC(C)=O)C(CC)CC)CC[C@@H]1C(=O)O. The summed E-state index contributed by atoms with van der Waals surface area (Å²) < 4.78 is 6.05. The molecule has 0 aromatic heterocycles. The van der Waals surface area contributed by atoms with E-state index < -0.39 is 5.97 Å². The number of hydrogen-bond acceptors (Lipinski definition) is 4. The predicted molar refractivity (Wildman–Crippen MR) is 126 cm³/mol. The molecule has 1 aliphatic rings. The summed E-state index contributed by atoms with van der Waals surface area (Å²) in [4.78, 5) is 24.0. The average Bonchev–Trinajstić information content (AvgIpc) is 3.03. The van der Waals surface area contributed by atoms with E-state index in [1.807, 2.05) is 0 Å². The van der Waals surface area contributed by atoms with Gasteiger partial charge in [-0.25, -0.2) is 0 Å². The van der Waals surface area contributed by atoms with Gasteiger partial charge in [-0.15, -0.1) is 11.8 Å². The van der Waals surface area contributed by atoms with Gasteiger partial charge in [-0.1, -0.05) is 40.0 Å². The maximum absolute atomic E-state index is 12.1. The van der Waals surface area contributed by atoms with Gasteiger partial charge >= 0.3 is 5.97 Å². The zero-order valence-electron chi connectivity index (χ0n) is 20.4. The molecule has 0 aromatic carbocycles. The van der Waals surface area contributed by atoms with Crippen LogP contribution in [0.2, 0.25) is 0 Å². The van der Waals surface area contributed by atoms with Gasteiger partial charge in [-0.3, -0.25) is 9.59 Å². The second-order valence-electron chi connectivity index (χ2n) is 10.1. The van der Waals surface area contributed by atoms with Crippen LogP contribution >= 0.6 is 11.8 Å². The zero-order valence-corrected chi connectivity index (χ0v) is 21.2. The number of rotatable bonds is 13. The quantitative estimate of drug-likeness (QED) is 0.392. The van der Waals surface area contributed by atoms with Gasteiger partial charge in [-0.05, 0) is 58.8 Å². The average molecular weight is 444 g/mol. The molecule has 0 aromatic rings. The summed E-state index contributed by atoms with van der Waals surface area (Å²) in [6, 6.07) is 0.0209. The first-order valence-electron chi connectivity index (χ1n) is 11.7. The largest absolute Gasteiger partial charge is 0.481 e. The lowest BCUT2D eigenvalue weighted by Gasteiger charge is -2.39. The lowest BCUT2D eigenvalue weighted by atomic mass is 9.83. The van der Waals surface area contributed by atoms with E-state index in [9.17, 15) is 14.7 Å². The molecule has 0 spiro atoms. The molecule has 0 radical (unpaired) electrons. The fourth-order valence-corrected chi connectivity index (χ4v) is 6.63. The van der Waals surface area contributed by atoms with E-state index in [-0.39, 0.29) is 39.4 Å². The van der Waals surface area contributed by atoms with E-state index in [4.69, 9.17) is 4.74 Å². The van der Waals surface area contributed by atoms with E-state index in [1.54, 1.807) is 18.7 Å². The van der Waals surface area contributed by atoms with Gasteiger partial charge in [0.15, 0.2) is 0 Å². The molecular formula is C24H45NO4S. The first-order chi connectivity index (χ1) is 13.9. The number of ether oxygens (including phenoxy) is 1. The Morgan fingerprint density at radius 2 is 1.73 bits per heavy atom. The molecule has 2 N–H and O–H groups in total. The summed E-state index contributed by atoms with van der Waals surface area (Å²) in [5.74, 6) is -0.610. The molecule has 30 heavy (non-hydrogen) atoms. The van der Waals surface area contributed by atoms with Gasteiger partial charge < -0.3 is 15.2 Å². The fourth-order valence-electron chi connectivity index (χ4n) is 4.87. The van der Waals surface area contributed by atoms with Crippen molar-refractivity contribution in [2.45, 2.75) is 116 Å². The molecule has 0 heterocycles. The van der Waals surface area contributed by atoms with Gasteiger partial charge in [-0.2, -0.15) is 0 Å². The monoisotopic (exact) mass is 443 g/mol. The molecule has 0 aliphatic heterocycles. The third-order valence-electron chi connectivity index (χ3n) is 6.45. The van der Waals surface area contributed by atoms with E-state index >= 15 is 0 Å². The Morgan fingerprint density at radius 3 is 2.20 bits per heavy atom. The molecule has 5 nitrogen and oxygen atoms in total. The van der Waals surface area contributed by atoms with Crippen LogP contribution < -0.4 is 5.32 Å². The van der Waals surface area contributed by atoms with Crippen molar-refractivity contribution in [1.29, 1.82) is 0 Å². The van der Waals surface area contributed by atoms with Crippen molar-refractivity contribution in [3.05, 3.63) is 0 Å². The van der Waals surface area contributed by atoms with E-state index in [2.05, 4.69) is 53.8 Å². The number of nitrogens with one attached hydrogen (secondary N) is 1. The Balaban J connectivity index is 3.08. The normalized spacial score (nSPS) is 23.6. The van der Waals surface area contributed by atoms with Crippen LogP contribution in [0.3, 0.4) is 0 Å². The van der Waals surface area contributed by atoms with Crippen molar-refractivity contribution in [1.82, 2.24) is 5.32 Å². The van der Waals surface area contributed by atoms with Crippen molar-refractivity contribution in [3.63, 3.8) is 0 Å². The molecule has 1 saturated carbocycles. The summed E-state index contributed by atoms with van der Waals surface area (Å²) >= 11 is 1.75. The molecule has 0 saturated heterocycles. The van der Waals surface area contributed by atoms with Crippen LogP contribution in [0.5, 0.6) is 0 Å². The Bertz CT molecular complexity index is 559. The number of carbonyl (C=O) groups is 2. The van der Waals surface area contributed by atoms with Gasteiger partial charge in [0.2, 0.25) is 5.91 Å². The third kappa shape index (κ3) is 8.07. The molecule has 1 amide bonds. The molecular weight excluding hydrogens is 398 g/mol. The molecule has 1 aliphatic carbocycles. The summed E-state index contributed by atoms with van der Waals surface area (Å²) in [6.45, 7) is 17.2. The van der Waals surface area contributed by atoms with Crippen LogP contribution in [0.15, 0.2) is 0 Å². The molecule has 176 valence electrons. The Morgan fingerprint density at radius 1 is 1.13 bits per heavy atom. The number of thioether (sulfide) groups is 1. The molecule has 0 bridgehead atoms. The minimum absolute atomic E-state index is 0.0209. The Kier molecular flexibility index (Phi) is 10.7. The zero-order chi connectivity index (χ0) is 23.1. The van der Waals surface area contributed by atoms with Gasteiger partial charge in [0, 0.05) is 23.0 Å². The highest BCUT2D eigenvalue weighted by Gasteiger charge is 2.48. The summed E-state index contributed by atoms with van der Waals surface area (Å²) in [6.07, 6.45) is 5.53. The predicted octanol–water partition coefficient (Wildman–Crippen LogP) is 5.51. The highest BCUT2D eigenvalue weighted by atomic mass is 32.2. The van der Waals surface area contributed by atoms with Gasteiger partial charge in [0.1, 0.15) is 0 Å². The van der Waals surface area contributed by atoms with Crippen LogP contribution in [-0.4, -0.2) is 45.2 Å². The summed E-state index contributed by atoms with van der Waals surface area (Å²) in [5, 5.41) is 13.1. The second-order valence-corrected chi connectivity index (χ2v) is 12.0. The number of carboxylic acids is 1. The third-order valence-corrected chi connectivity index (χ3v) is 8.16. The molecule has 0 unspecified atom stereocenters. The summed E-state index contributed by atoms with van der Waals surface area (Å²) in [5.41, 5.74) is -0.178. The van der Waals surface area contributed by atoms with Crippen LogP contribution in [0.4, 0.5) is 0 Å². The number of aliphatic carboxylic acids is 1. The number of carbonyl (C=O) groups excluding carboxylic acids is 1. The van der Waals surface area contributed by atoms with Crippen molar-refractivity contribution < 1.29 is 19.4 Å². The van der Waals surface area contributed by atoms with Crippen molar-refractivity contribution in [2.75, 3.05) is 6.61 Å². The van der Waals surface area contributed by atoms with Crippen molar-refractivity contribution in [2.24, 2.45) is 17.8 Å². The maximum Gasteiger partial charge on any atom is 0.307 e. The first kappa shape index (κ1) is 27.3. The summed E-state index contributed by atoms with van der Waals surface area (Å²) in [7, 11) is 0. The Hall–Kier alpha value is -0.750. The number of amides is 1. The molecule has 1 fully saturated rings. The fraction of sp³-hybridized carbons (Fsp3) is 0.917. The van der Waals surface area contributed by atoms with E-state index in [0.717, 1.165) is 32.1 Å². The van der Waals surface area contributed by atoms with Crippen LogP contribution in [0.1, 0.15) is 93.9 Å². The number of hydrogen-bond donors (Lipinski definition) is 2. The molecule has 1 rings (SSSR count). The highest BCUT2D eigenvalue weighted by Crippen LogP contribution is 2.48. The van der Waals surface area contributed by atoms with E-state index in [1.165, 1.54) is 0 Å². The van der Waals surface area contributed by atoms with E-state index in [0.29, 0.717) is 18.9 Å². The van der Waals surface area contributed by atoms with Gasteiger partial charge in [0.05, 0.1) is 18.1 Å². The number of carboxylic acid groups (broad SMARTS) is 1. The van der Waals surface area contributed by atoms with Crippen LogP contribution in [0.25, 0.3) is 0 Å². The van der Waals surface area contributed by atoms with Crippen LogP contribution in [0, 0.1) is 17.8 Å². The molecule has 6 heteroatoms. The second kappa shape index (κ2) is 11.8. The van der Waals surface area contributed by atoms with Crippen LogP contribution in [-0.2, 0) is 14.3 Å². The van der Waals surface area contributed by atoms with Gasteiger partial charge in [0.25, 0.3) is 0 Å². The van der Waals surface area contributed by atoms with Crippen molar-refractivity contribution >= 4 is 23.6 Å². The standard InChI is InChI=1S/C24H45NO4S/c1-9-14-23(5,6)29-15-24(7,8)30-21-18(12-13-19(21)22(27)28)20(25-16(4)26)17(10-2)11-3/h17-21H,9-15H2,1-8H3,(H,25,26)(H,27,28)/t18-,19+,20-,21+/m1/s1. The highest BCUT2D eigenvalue weighted by molar-refractivity contribution is 8.01. The molecule has 4 atom stereocenters. The lowest BCUT2D eigenvalue weighted by molar-refractivity contribution is -0.141. The maximum atomic E-state index is 12.1. The minimum Gasteiger partial charge on any atom is -0.481 e.